The second kappa shape index (κ2) is 5.92. The molecule has 0 unspecified atom stereocenters. The summed E-state index contributed by atoms with van der Waals surface area (Å²) in [6.45, 7) is 0.523. The molecule has 6 rings (SSSR count). The number of ether oxygens (including phenoxy) is 1. The van der Waals surface area contributed by atoms with Crippen LogP contribution in [0.5, 0.6) is 0 Å². The number of carboxylic acid groups (broad SMARTS) is 1. The first-order valence-corrected chi connectivity index (χ1v) is 11.6. The van der Waals surface area contributed by atoms with Gasteiger partial charge in [-0.15, -0.1) is 0 Å². The fraction of sp³-hybridized carbons (Fsp3) is 0.364. The smallest absolute Gasteiger partial charge is 0.341 e. The van der Waals surface area contributed by atoms with Gasteiger partial charge in [-0.3, -0.25) is 4.79 Å². The van der Waals surface area contributed by atoms with Crippen molar-refractivity contribution in [2.24, 2.45) is 0 Å². The van der Waals surface area contributed by atoms with Crippen molar-refractivity contribution in [1.29, 1.82) is 0 Å². The Kier molecular flexibility index (Phi) is 3.57. The molecule has 1 aromatic carbocycles. The van der Waals surface area contributed by atoms with E-state index in [0.29, 0.717) is 42.9 Å². The van der Waals surface area contributed by atoms with E-state index in [2.05, 4.69) is 0 Å². The highest BCUT2D eigenvalue weighted by atomic mass is 32.2. The molecule has 30 heavy (non-hydrogen) atoms. The summed E-state index contributed by atoms with van der Waals surface area (Å²) in [5, 5.41) is 9.10. The molecule has 1 N–H and O–H groups in total. The summed E-state index contributed by atoms with van der Waals surface area (Å²) in [6, 6.07) is 6.66. The van der Waals surface area contributed by atoms with E-state index >= 15 is 0 Å². The summed E-state index contributed by atoms with van der Waals surface area (Å²) < 4.78 is 34.0. The van der Waals surface area contributed by atoms with Gasteiger partial charge < -0.3 is 14.4 Å². The average molecular weight is 425 g/mol. The molecule has 2 aromatic rings. The van der Waals surface area contributed by atoms with Crippen LogP contribution in [0.4, 0.5) is 0 Å². The van der Waals surface area contributed by atoms with Crippen molar-refractivity contribution in [2.75, 3.05) is 6.61 Å². The van der Waals surface area contributed by atoms with E-state index in [1.165, 1.54) is 12.3 Å². The number of pyridine rings is 1. The van der Waals surface area contributed by atoms with Gasteiger partial charge in [-0.05, 0) is 47.6 Å². The van der Waals surface area contributed by atoms with Crippen LogP contribution in [-0.4, -0.2) is 42.0 Å². The van der Waals surface area contributed by atoms with Gasteiger partial charge in [-0.1, -0.05) is 12.1 Å². The van der Waals surface area contributed by atoms with Crippen LogP contribution >= 0.6 is 0 Å². The Labute approximate surface area is 172 Å². The third kappa shape index (κ3) is 2.31. The molecule has 2 aliphatic carbocycles. The van der Waals surface area contributed by atoms with E-state index in [1.807, 2.05) is 10.6 Å². The lowest BCUT2D eigenvalue weighted by molar-refractivity contribution is 0.0693. The first-order valence-electron chi connectivity index (χ1n) is 10.1. The molecule has 4 aliphatic rings. The van der Waals surface area contributed by atoms with Gasteiger partial charge in [0.1, 0.15) is 11.7 Å². The normalized spacial score (nSPS) is 24.3. The summed E-state index contributed by atoms with van der Waals surface area (Å²) in [6.07, 6.45) is 3.63. The van der Waals surface area contributed by atoms with Crippen LogP contribution in [0, 0.1) is 0 Å². The zero-order valence-electron chi connectivity index (χ0n) is 16.0. The molecule has 0 spiro atoms. The number of allylic oxidation sites excluding steroid dienone is 1. The van der Waals surface area contributed by atoms with Gasteiger partial charge in [0.05, 0.1) is 16.2 Å². The van der Waals surface area contributed by atoms with Gasteiger partial charge in [0.2, 0.25) is 0 Å². The van der Waals surface area contributed by atoms with Gasteiger partial charge in [0.25, 0.3) is 0 Å². The van der Waals surface area contributed by atoms with Gasteiger partial charge in [0.15, 0.2) is 15.3 Å². The van der Waals surface area contributed by atoms with E-state index in [9.17, 15) is 23.1 Å². The maximum absolute atomic E-state index is 13.0. The van der Waals surface area contributed by atoms with Crippen LogP contribution in [0.2, 0.25) is 0 Å². The highest BCUT2D eigenvalue weighted by Gasteiger charge is 2.45. The van der Waals surface area contributed by atoms with E-state index in [-0.39, 0.29) is 23.0 Å². The number of nitrogens with zero attached hydrogens (tertiary/aromatic N) is 1. The van der Waals surface area contributed by atoms with Crippen molar-refractivity contribution in [3.8, 4) is 0 Å². The minimum absolute atomic E-state index is 0.118. The monoisotopic (exact) mass is 425 g/mol. The molecule has 1 aromatic heterocycles. The summed E-state index contributed by atoms with van der Waals surface area (Å²) in [7, 11) is -3.37. The maximum Gasteiger partial charge on any atom is 0.341 e. The van der Waals surface area contributed by atoms with Crippen molar-refractivity contribution < 1.29 is 23.1 Å². The lowest BCUT2D eigenvalue weighted by Crippen LogP contribution is -2.31. The third-order valence-corrected chi connectivity index (χ3v) is 9.04. The first-order chi connectivity index (χ1) is 14.4. The number of aromatic carboxylic acids is 1. The zero-order valence-corrected chi connectivity index (χ0v) is 16.8. The fourth-order valence-corrected chi connectivity index (χ4v) is 7.09. The van der Waals surface area contributed by atoms with Crippen LogP contribution in [0.15, 0.2) is 40.2 Å². The number of carboxylic acids is 1. The van der Waals surface area contributed by atoms with E-state index in [0.717, 1.165) is 22.3 Å². The van der Waals surface area contributed by atoms with Gasteiger partial charge in [-0.2, -0.15) is 0 Å². The largest absolute Gasteiger partial charge is 0.477 e. The quantitative estimate of drug-likeness (QED) is 0.810. The third-order valence-electron chi connectivity index (χ3n) is 6.69. The van der Waals surface area contributed by atoms with Crippen molar-refractivity contribution in [1.82, 2.24) is 4.57 Å². The number of carbonyl (C=O) groups is 1. The highest BCUT2D eigenvalue weighted by molar-refractivity contribution is 7.92. The number of hydrogen-bond acceptors (Lipinski definition) is 5. The van der Waals surface area contributed by atoms with Crippen LogP contribution in [-0.2, 0) is 21.0 Å². The van der Waals surface area contributed by atoms with Crippen LogP contribution in [0.1, 0.15) is 52.5 Å². The van der Waals surface area contributed by atoms with E-state index < -0.39 is 21.2 Å². The Morgan fingerprint density at radius 2 is 2.00 bits per heavy atom. The Hall–Kier alpha value is -2.71. The minimum Gasteiger partial charge on any atom is -0.477 e. The van der Waals surface area contributed by atoms with Crippen LogP contribution < -0.4 is 5.43 Å². The molecule has 0 radical (unpaired) electrons. The summed E-state index contributed by atoms with van der Waals surface area (Å²) in [5.74, 6) is -1.25. The molecule has 1 saturated heterocycles. The van der Waals surface area contributed by atoms with Gasteiger partial charge in [0, 0.05) is 31.0 Å². The Morgan fingerprint density at radius 1 is 1.20 bits per heavy atom. The standard InChI is InChI=1S/C22H19NO6S/c24-18-9-17-14-8-13-12(2-1-3-19(13)30(27,28)11-4-5-11)20(14)21-16(6-7-29-21)23(17)10-15(18)22(25)26/h1-3,9-11,16,21H,4-8H2,(H,25,26)/t16-,21+/m1/s1. The second-order valence-electron chi connectivity index (χ2n) is 8.39. The number of fused-ring (bicyclic) bond motifs is 7. The van der Waals surface area contributed by atoms with Gasteiger partial charge >= 0.3 is 5.97 Å². The molecule has 2 fully saturated rings. The summed E-state index contributed by atoms with van der Waals surface area (Å²) in [5.41, 5.74) is 3.32. The Balaban J connectivity index is 1.58. The average Bonchev–Trinajstić information content (AvgIpc) is 3.34. The highest BCUT2D eigenvalue weighted by Crippen LogP contribution is 2.51. The molecule has 2 aliphatic heterocycles. The van der Waals surface area contributed by atoms with Crippen molar-refractivity contribution >= 4 is 27.0 Å². The number of aromatic nitrogens is 1. The summed E-state index contributed by atoms with van der Waals surface area (Å²) in [4.78, 5) is 24.4. The molecule has 7 nitrogen and oxygen atoms in total. The predicted octanol–water partition coefficient (Wildman–Crippen LogP) is 2.29. The van der Waals surface area contributed by atoms with Crippen LogP contribution in [0.3, 0.4) is 0 Å². The number of rotatable bonds is 3. The van der Waals surface area contributed by atoms with Crippen LogP contribution in [0.25, 0.3) is 11.1 Å². The molecule has 8 heteroatoms. The topological polar surface area (TPSA) is 103 Å². The van der Waals surface area contributed by atoms with Gasteiger partial charge in [-0.25, -0.2) is 13.2 Å². The lowest BCUT2D eigenvalue weighted by Gasteiger charge is -2.32. The van der Waals surface area contributed by atoms with E-state index in [4.69, 9.17) is 4.74 Å². The fourth-order valence-electron chi connectivity index (χ4n) is 5.18. The van der Waals surface area contributed by atoms with Crippen molar-refractivity contribution in [3.63, 3.8) is 0 Å². The second-order valence-corrected chi connectivity index (χ2v) is 10.6. The number of hydrogen-bond donors (Lipinski definition) is 1. The first kappa shape index (κ1) is 18.1. The predicted molar refractivity (Wildman–Crippen MR) is 108 cm³/mol. The van der Waals surface area contributed by atoms with Crippen molar-refractivity contribution in [3.05, 3.63) is 63.1 Å². The molecular formula is C22H19NO6S. The lowest BCUT2D eigenvalue weighted by atomic mass is 9.89. The molecule has 3 heterocycles. The van der Waals surface area contributed by atoms with E-state index in [1.54, 1.807) is 12.1 Å². The maximum atomic E-state index is 13.0. The molecule has 1 saturated carbocycles. The Morgan fingerprint density at radius 3 is 2.73 bits per heavy atom. The Bertz CT molecular complexity index is 1330. The molecule has 0 amide bonds. The molecular weight excluding hydrogens is 406 g/mol. The SMILES string of the molecule is O=C(O)c1cn2c(cc1=O)C1=C(c3cccc(S(=O)(=O)C4CC4)c3C1)[C@H]1OCC[C@H]12. The van der Waals surface area contributed by atoms with Crippen molar-refractivity contribution in [2.45, 2.75) is 48.0 Å². The number of benzene rings is 1. The molecule has 2 atom stereocenters. The minimum atomic E-state index is -3.37. The number of sulfone groups is 1. The molecule has 0 bridgehead atoms. The zero-order chi connectivity index (χ0) is 20.8. The summed E-state index contributed by atoms with van der Waals surface area (Å²) >= 11 is 0. The molecule has 154 valence electrons.